The minimum absolute atomic E-state index is 0.643. The van der Waals surface area contributed by atoms with Gasteiger partial charge in [-0.1, -0.05) is 12.1 Å². The van der Waals surface area contributed by atoms with Gasteiger partial charge in [0.1, 0.15) is 5.00 Å². The van der Waals surface area contributed by atoms with E-state index in [0.29, 0.717) is 11.7 Å². The lowest BCUT2D eigenvalue weighted by Gasteiger charge is -2.25. The second-order valence-corrected chi connectivity index (χ2v) is 5.83. The third kappa shape index (κ3) is 2.15. The first-order chi connectivity index (χ1) is 9.22. The predicted molar refractivity (Wildman–Crippen MR) is 76.5 cm³/mol. The van der Waals surface area contributed by atoms with E-state index in [4.69, 9.17) is 4.52 Å². The number of rotatable bonds is 3. The van der Waals surface area contributed by atoms with Crippen LogP contribution in [0, 0.1) is 6.92 Å². The van der Waals surface area contributed by atoms with Crippen LogP contribution in [0.15, 0.2) is 4.52 Å². The molecule has 5 nitrogen and oxygen atoms in total. The van der Waals surface area contributed by atoms with Crippen molar-refractivity contribution in [3.63, 3.8) is 0 Å². The van der Waals surface area contributed by atoms with Gasteiger partial charge >= 0.3 is 0 Å². The van der Waals surface area contributed by atoms with Gasteiger partial charge in [-0.15, -0.1) is 11.3 Å². The topological polar surface area (TPSA) is 54.2 Å². The molecule has 0 spiro atoms. The fraction of sp³-hybridized carbons (Fsp3) is 0.538. The second-order valence-electron chi connectivity index (χ2n) is 4.72. The lowest BCUT2D eigenvalue weighted by Crippen LogP contribution is -2.29. The Kier molecular flexibility index (Phi) is 3.28. The molecule has 0 aliphatic carbocycles. The zero-order valence-electron chi connectivity index (χ0n) is 11.5. The Hall–Kier alpha value is -1.40. The molecule has 0 bridgehead atoms. The molecule has 0 saturated heterocycles. The number of aryl methyl sites for hydroxylation is 1. The third-order valence-corrected chi connectivity index (χ3v) is 4.79. The minimum atomic E-state index is 0.643. The maximum Gasteiger partial charge on any atom is 0.261 e. The fourth-order valence-corrected chi connectivity index (χ4v) is 3.76. The van der Waals surface area contributed by atoms with Crippen LogP contribution < -0.4 is 5.32 Å². The summed E-state index contributed by atoms with van der Waals surface area (Å²) < 4.78 is 5.36. The molecule has 0 unspecified atom stereocenters. The lowest BCUT2D eigenvalue weighted by atomic mass is 10.0. The summed E-state index contributed by atoms with van der Waals surface area (Å²) in [6, 6.07) is 0. The Morgan fingerprint density at radius 1 is 1.47 bits per heavy atom. The van der Waals surface area contributed by atoms with Gasteiger partial charge in [-0.25, -0.2) is 0 Å². The van der Waals surface area contributed by atoms with E-state index in [-0.39, 0.29) is 0 Å². The first-order valence-corrected chi connectivity index (χ1v) is 7.40. The highest BCUT2D eigenvalue weighted by Crippen LogP contribution is 2.42. The third-order valence-electron chi connectivity index (χ3n) is 3.55. The Morgan fingerprint density at radius 2 is 2.32 bits per heavy atom. The Balaban J connectivity index is 2.07. The summed E-state index contributed by atoms with van der Waals surface area (Å²) in [5.74, 6) is 1.33. The van der Waals surface area contributed by atoms with Crippen LogP contribution in [-0.2, 0) is 13.0 Å². The molecular weight excluding hydrogens is 260 g/mol. The Morgan fingerprint density at radius 3 is 2.95 bits per heavy atom. The molecule has 0 atom stereocenters. The molecule has 102 valence electrons. The summed E-state index contributed by atoms with van der Waals surface area (Å²) in [7, 11) is 1.95. The zero-order valence-corrected chi connectivity index (χ0v) is 12.3. The van der Waals surface area contributed by atoms with Gasteiger partial charge in [-0.3, -0.25) is 4.90 Å². The van der Waals surface area contributed by atoms with Crippen molar-refractivity contribution in [2.45, 2.75) is 26.8 Å². The Bertz CT molecular complexity index is 589. The van der Waals surface area contributed by atoms with E-state index in [9.17, 15) is 0 Å². The summed E-state index contributed by atoms with van der Waals surface area (Å²) in [6.07, 6.45) is 1.05. The summed E-state index contributed by atoms with van der Waals surface area (Å²) in [6.45, 7) is 7.28. The van der Waals surface area contributed by atoms with Crippen LogP contribution in [-0.4, -0.2) is 35.2 Å². The number of nitrogens with one attached hydrogen (secondary N) is 1. The molecule has 2 aromatic rings. The number of fused-ring (bicyclic) bond motifs is 1. The van der Waals surface area contributed by atoms with Crippen molar-refractivity contribution < 1.29 is 4.52 Å². The minimum Gasteiger partial charge on any atom is -0.379 e. The molecule has 1 aliphatic rings. The van der Waals surface area contributed by atoms with Gasteiger partial charge in [0.05, 0.1) is 5.56 Å². The summed E-state index contributed by atoms with van der Waals surface area (Å²) >= 11 is 1.80. The van der Waals surface area contributed by atoms with Crippen LogP contribution in [0.4, 0.5) is 5.00 Å². The number of anilines is 1. The molecule has 0 fully saturated rings. The molecule has 0 amide bonds. The normalized spacial score (nSPS) is 15.5. The highest BCUT2D eigenvalue weighted by Gasteiger charge is 2.26. The van der Waals surface area contributed by atoms with Gasteiger partial charge in [-0.2, -0.15) is 4.98 Å². The SMILES string of the molecule is CCN1CCc2c(sc(NC)c2-c2nc(C)no2)C1. The van der Waals surface area contributed by atoms with Gasteiger partial charge in [-0.05, 0) is 25.5 Å². The van der Waals surface area contributed by atoms with Crippen molar-refractivity contribution in [3.8, 4) is 11.5 Å². The highest BCUT2D eigenvalue weighted by atomic mass is 32.1. The highest BCUT2D eigenvalue weighted by molar-refractivity contribution is 7.17. The van der Waals surface area contributed by atoms with Crippen LogP contribution >= 0.6 is 11.3 Å². The van der Waals surface area contributed by atoms with E-state index in [1.54, 1.807) is 11.3 Å². The lowest BCUT2D eigenvalue weighted by molar-refractivity contribution is 0.271. The van der Waals surface area contributed by atoms with Crippen molar-refractivity contribution in [1.29, 1.82) is 0 Å². The van der Waals surface area contributed by atoms with Gasteiger partial charge in [0, 0.05) is 25.0 Å². The predicted octanol–water partition coefficient (Wildman–Crippen LogP) is 2.53. The van der Waals surface area contributed by atoms with Gasteiger partial charge in [0.2, 0.25) is 0 Å². The number of thiophene rings is 1. The number of aromatic nitrogens is 2. The van der Waals surface area contributed by atoms with Crippen molar-refractivity contribution in [1.82, 2.24) is 15.0 Å². The van der Waals surface area contributed by atoms with Crippen LogP contribution in [0.25, 0.3) is 11.5 Å². The number of hydrogen-bond acceptors (Lipinski definition) is 6. The molecule has 0 aromatic carbocycles. The van der Waals surface area contributed by atoms with Crippen molar-refractivity contribution in [2.75, 3.05) is 25.5 Å². The van der Waals surface area contributed by atoms with Crippen LogP contribution in [0.1, 0.15) is 23.2 Å². The van der Waals surface area contributed by atoms with Gasteiger partial charge in [0.25, 0.3) is 5.89 Å². The van der Waals surface area contributed by atoms with Gasteiger partial charge < -0.3 is 9.84 Å². The van der Waals surface area contributed by atoms with Crippen molar-refractivity contribution in [2.24, 2.45) is 0 Å². The van der Waals surface area contributed by atoms with E-state index in [2.05, 4.69) is 27.3 Å². The average molecular weight is 278 g/mol. The molecule has 1 N–H and O–H groups in total. The Labute approximate surface area is 116 Å². The standard InChI is InChI=1S/C13H18N4OS/c1-4-17-6-5-9-10(7-17)19-13(14-3)11(9)12-15-8(2)16-18-12/h14H,4-7H2,1-3H3. The second kappa shape index (κ2) is 4.94. The maximum atomic E-state index is 5.36. The fourth-order valence-electron chi connectivity index (χ4n) is 2.53. The van der Waals surface area contributed by atoms with Crippen LogP contribution in [0.3, 0.4) is 0 Å². The quantitative estimate of drug-likeness (QED) is 0.935. The smallest absolute Gasteiger partial charge is 0.261 e. The first-order valence-electron chi connectivity index (χ1n) is 6.58. The largest absolute Gasteiger partial charge is 0.379 e. The summed E-state index contributed by atoms with van der Waals surface area (Å²) in [5, 5.41) is 8.31. The molecule has 0 radical (unpaired) electrons. The van der Waals surface area contributed by atoms with Crippen molar-refractivity contribution >= 4 is 16.3 Å². The maximum absolute atomic E-state index is 5.36. The van der Waals surface area contributed by atoms with Crippen LogP contribution in [0.5, 0.6) is 0 Å². The van der Waals surface area contributed by atoms with Crippen LogP contribution in [0.2, 0.25) is 0 Å². The van der Waals surface area contributed by atoms with Gasteiger partial charge in [0.15, 0.2) is 5.82 Å². The molecule has 19 heavy (non-hydrogen) atoms. The summed E-state index contributed by atoms with van der Waals surface area (Å²) in [4.78, 5) is 8.26. The number of hydrogen-bond donors (Lipinski definition) is 1. The molecule has 6 heteroatoms. The zero-order chi connectivity index (χ0) is 13.4. The molecule has 0 saturated carbocycles. The van der Waals surface area contributed by atoms with E-state index >= 15 is 0 Å². The monoisotopic (exact) mass is 278 g/mol. The van der Waals surface area contributed by atoms with E-state index in [1.807, 2.05) is 14.0 Å². The number of nitrogens with zero attached hydrogens (tertiary/aromatic N) is 3. The summed E-state index contributed by atoms with van der Waals surface area (Å²) in [5.41, 5.74) is 2.49. The van der Waals surface area contributed by atoms with E-state index < -0.39 is 0 Å². The first kappa shape index (κ1) is 12.6. The molecule has 3 rings (SSSR count). The molecule has 2 aromatic heterocycles. The van der Waals surface area contributed by atoms with Crippen molar-refractivity contribution in [3.05, 3.63) is 16.3 Å². The average Bonchev–Trinajstić information content (AvgIpc) is 3.00. The van der Waals surface area contributed by atoms with E-state index in [0.717, 1.165) is 36.6 Å². The molecule has 3 heterocycles. The number of likely N-dealkylation sites (N-methyl/N-ethyl adjacent to an activating group) is 1. The molecular formula is C13H18N4OS. The van der Waals surface area contributed by atoms with E-state index in [1.165, 1.54) is 10.4 Å². The molecule has 1 aliphatic heterocycles.